The number of nitrogens with zero attached hydrogens (tertiary/aromatic N) is 2. The highest BCUT2D eigenvalue weighted by Gasteiger charge is 2.20. The maximum atomic E-state index is 11.5. The van der Waals surface area contributed by atoms with Crippen LogP contribution in [0.2, 0.25) is 0 Å². The van der Waals surface area contributed by atoms with E-state index in [1.165, 1.54) is 16.8 Å². The van der Waals surface area contributed by atoms with Crippen LogP contribution in [0, 0.1) is 6.92 Å². The Hall–Kier alpha value is -2.37. The Labute approximate surface area is 161 Å². The Balaban J connectivity index is 1.90. The van der Waals surface area contributed by atoms with E-state index in [0.717, 1.165) is 38.2 Å². The van der Waals surface area contributed by atoms with Crippen molar-refractivity contribution < 1.29 is 10.0 Å². The second kappa shape index (κ2) is 8.55. The molecule has 2 aromatic carbocycles. The Morgan fingerprint density at radius 1 is 1.19 bits per heavy atom. The average Bonchev–Trinajstić information content (AvgIpc) is 2.71. The molecule has 3 rings (SSSR count). The van der Waals surface area contributed by atoms with Gasteiger partial charge in [0.05, 0.1) is 0 Å². The number of amides is 1. The molecule has 1 unspecified atom stereocenters. The molecule has 0 bridgehead atoms. The van der Waals surface area contributed by atoms with Crippen molar-refractivity contribution in [1.29, 1.82) is 0 Å². The van der Waals surface area contributed by atoms with E-state index in [1.807, 2.05) is 12.1 Å². The summed E-state index contributed by atoms with van der Waals surface area (Å²) < 4.78 is 0. The number of hydroxylamine groups is 1. The van der Waals surface area contributed by atoms with Gasteiger partial charge < -0.3 is 9.80 Å². The van der Waals surface area contributed by atoms with Gasteiger partial charge in [0.25, 0.3) is 5.91 Å². The minimum absolute atomic E-state index is 0.456. The van der Waals surface area contributed by atoms with E-state index in [4.69, 9.17) is 5.21 Å². The average molecular weight is 367 g/mol. The van der Waals surface area contributed by atoms with Gasteiger partial charge in [-0.05, 0) is 67.7 Å². The van der Waals surface area contributed by atoms with Gasteiger partial charge in [0.1, 0.15) is 0 Å². The van der Waals surface area contributed by atoms with Crippen LogP contribution in [0.25, 0.3) is 0 Å². The van der Waals surface area contributed by atoms with Gasteiger partial charge in [-0.25, -0.2) is 5.48 Å². The Morgan fingerprint density at radius 2 is 1.93 bits per heavy atom. The van der Waals surface area contributed by atoms with E-state index < -0.39 is 5.91 Å². The summed E-state index contributed by atoms with van der Waals surface area (Å²) in [7, 11) is 2.20. The first kappa shape index (κ1) is 19.4. The number of hydrogen-bond acceptors (Lipinski definition) is 4. The van der Waals surface area contributed by atoms with Crippen LogP contribution in [0.15, 0.2) is 42.5 Å². The monoisotopic (exact) mass is 367 g/mol. The lowest BCUT2D eigenvalue weighted by molar-refractivity contribution is 0.0706. The summed E-state index contributed by atoms with van der Waals surface area (Å²) in [6.45, 7) is 8.39. The van der Waals surface area contributed by atoms with E-state index in [9.17, 15) is 4.79 Å². The topological polar surface area (TPSA) is 55.8 Å². The highest BCUT2D eigenvalue weighted by atomic mass is 16.5. The van der Waals surface area contributed by atoms with Crippen LogP contribution in [0.1, 0.15) is 46.3 Å². The summed E-state index contributed by atoms with van der Waals surface area (Å²) >= 11 is 0. The third-order valence-electron chi connectivity index (χ3n) is 5.30. The first-order valence-electron chi connectivity index (χ1n) is 9.55. The van der Waals surface area contributed by atoms with Gasteiger partial charge >= 0.3 is 0 Å². The number of anilines is 1. The molecule has 0 aromatic heterocycles. The third kappa shape index (κ3) is 4.67. The molecule has 27 heavy (non-hydrogen) atoms. The summed E-state index contributed by atoms with van der Waals surface area (Å²) in [6.07, 6.45) is 1.11. The molecule has 2 aromatic rings. The summed E-state index contributed by atoms with van der Waals surface area (Å²) in [5.74, 6) is -0.0102. The quantitative estimate of drug-likeness (QED) is 0.643. The van der Waals surface area contributed by atoms with Crippen LogP contribution >= 0.6 is 0 Å². The Morgan fingerprint density at radius 3 is 2.63 bits per heavy atom. The predicted molar refractivity (Wildman–Crippen MR) is 108 cm³/mol. The largest absolute Gasteiger partial charge is 0.367 e. The molecule has 5 nitrogen and oxygen atoms in total. The fourth-order valence-electron chi connectivity index (χ4n) is 3.86. The maximum absolute atomic E-state index is 11.5. The van der Waals surface area contributed by atoms with Crippen LogP contribution in [0.4, 0.5) is 5.69 Å². The molecule has 0 saturated carbocycles. The predicted octanol–water partition coefficient (Wildman–Crippen LogP) is 3.56. The zero-order valence-corrected chi connectivity index (χ0v) is 16.4. The molecule has 0 fully saturated rings. The van der Waals surface area contributed by atoms with Gasteiger partial charge in [-0.1, -0.05) is 31.2 Å². The zero-order valence-electron chi connectivity index (χ0n) is 16.4. The summed E-state index contributed by atoms with van der Waals surface area (Å²) in [6, 6.07) is 14.2. The third-order valence-corrected chi connectivity index (χ3v) is 5.30. The first-order chi connectivity index (χ1) is 13.0. The Kier molecular flexibility index (Phi) is 6.14. The molecular weight excluding hydrogens is 338 g/mol. The van der Waals surface area contributed by atoms with E-state index in [1.54, 1.807) is 17.6 Å². The van der Waals surface area contributed by atoms with Crippen molar-refractivity contribution in [1.82, 2.24) is 10.4 Å². The highest BCUT2D eigenvalue weighted by molar-refractivity contribution is 5.93. The van der Waals surface area contributed by atoms with E-state index in [-0.39, 0.29) is 0 Å². The van der Waals surface area contributed by atoms with Gasteiger partial charge in [0.15, 0.2) is 0 Å². The van der Waals surface area contributed by atoms with Crippen molar-refractivity contribution in [3.8, 4) is 0 Å². The molecule has 1 atom stereocenters. The van der Waals surface area contributed by atoms with Crippen LogP contribution in [-0.4, -0.2) is 42.7 Å². The fraction of sp³-hybridized carbons (Fsp3) is 0.409. The van der Waals surface area contributed by atoms with Crippen LogP contribution in [0.5, 0.6) is 0 Å². The van der Waals surface area contributed by atoms with Crippen molar-refractivity contribution in [3.63, 3.8) is 0 Å². The van der Waals surface area contributed by atoms with Crippen molar-refractivity contribution in [3.05, 3.63) is 64.7 Å². The molecular formula is C22H29N3O2. The van der Waals surface area contributed by atoms with Crippen LogP contribution < -0.4 is 10.4 Å². The number of fused-ring (bicyclic) bond motifs is 1. The van der Waals surface area contributed by atoms with Crippen molar-refractivity contribution in [2.24, 2.45) is 0 Å². The Bertz CT molecular complexity index is 789. The maximum Gasteiger partial charge on any atom is 0.274 e. The lowest BCUT2D eigenvalue weighted by Gasteiger charge is -2.28. The molecule has 1 heterocycles. The SMILES string of the molecule is Cc1ccc2c(c1)N(Cc1ccc(C(=O)NO)cc1)CCCN(C)CC2C. The zero-order chi connectivity index (χ0) is 19.4. The molecule has 0 spiro atoms. The van der Waals surface area contributed by atoms with Gasteiger partial charge in [-0.2, -0.15) is 0 Å². The number of hydrogen-bond donors (Lipinski definition) is 2. The lowest BCUT2D eigenvalue weighted by Crippen LogP contribution is -2.27. The molecule has 1 aliphatic rings. The van der Waals surface area contributed by atoms with E-state index in [0.29, 0.717) is 11.5 Å². The number of carbonyl (C=O) groups is 1. The van der Waals surface area contributed by atoms with Crippen molar-refractivity contribution in [2.75, 3.05) is 31.6 Å². The van der Waals surface area contributed by atoms with Gasteiger partial charge in [0, 0.05) is 30.9 Å². The summed E-state index contributed by atoms with van der Waals surface area (Å²) in [5, 5.41) is 8.77. The molecule has 5 heteroatoms. The number of aryl methyl sites for hydroxylation is 1. The van der Waals surface area contributed by atoms with E-state index in [2.05, 4.69) is 48.9 Å². The molecule has 0 radical (unpaired) electrons. The number of likely N-dealkylation sites (N-methyl/N-ethyl adjacent to an activating group) is 1. The molecule has 1 aliphatic heterocycles. The van der Waals surface area contributed by atoms with Gasteiger partial charge in [-0.3, -0.25) is 10.0 Å². The number of nitrogens with one attached hydrogen (secondary N) is 1. The summed E-state index contributed by atoms with van der Waals surface area (Å²) in [5.41, 5.74) is 7.27. The number of carbonyl (C=O) groups excluding carboxylic acids is 1. The van der Waals surface area contributed by atoms with Gasteiger partial charge in [0.2, 0.25) is 0 Å². The highest BCUT2D eigenvalue weighted by Crippen LogP contribution is 2.31. The van der Waals surface area contributed by atoms with Crippen molar-refractivity contribution in [2.45, 2.75) is 32.7 Å². The molecule has 144 valence electrons. The minimum Gasteiger partial charge on any atom is -0.367 e. The fourth-order valence-corrected chi connectivity index (χ4v) is 3.86. The number of rotatable bonds is 3. The smallest absolute Gasteiger partial charge is 0.274 e. The molecule has 2 N–H and O–H groups in total. The van der Waals surface area contributed by atoms with E-state index >= 15 is 0 Å². The molecule has 0 aliphatic carbocycles. The second-order valence-corrected chi connectivity index (χ2v) is 7.64. The molecule has 0 saturated heterocycles. The van der Waals surface area contributed by atoms with Crippen LogP contribution in [0.3, 0.4) is 0 Å². The normalized spacial score (nSPS) is 18.2. The second-order valence-electron chi connectivity index (χ2n) is 7.64. The van der Waals surface area contributed by atoms with Gasteiger partial charge in [-0.15, -0.1) is 0 Å². The van der Waals surface area contributed by atoms with Crippen molar-refractivity contribution >= 4 is 11.6 Å². The molecule has 1 amide bonds. The number of benzene rings is 2. The lowest BCUT2D eigenvalue weighted by atomic mass is 9.96. The summed E-state index contributed by atoms with van der Waals surface area (Å²) in [4.78, 5) is 16.4. The first-order valence-corrected chi connectivity index (χ1v) is 9.55. The van der Waals surface area contributed by atoms with Crippen LogP contribution in [-0.2, 0) is 6.54 Å². The minimum atomic E-state index is -0.484. The standard InChI is InChI=1S/C22H29N3O2/c1-16-5-10-20-17(2)14-24(3)11-4-12-25(21(20)13-16)15-18-6-8-19(9-7-18)22(26)23-27/h5-10,13,17,27H,4,11-12,14-15H2,1-3H3,(H,23,26).